The van der Waals surface area contributed by atoms with Crippen molar-refractivity contribution in [1.29, 1.82) is 0 Å². The third-order valence-electron chi connectivity index (χ3n) is 3.52. The second-order valence-corrected chi connectivity index (χ2v) is 8.42. The number of carbonyl (C=O) groups is 1. The molecule has 0 aliphatic heterocycles. The van der Waals surface area contributed by atoms with Gasteiger partial charge in [-0.05, 0) is 60.2 Å². The van der Waals surface area contributed by atoms with Gasteiger partial charge in [-0.1, -0.05) is 48.0 Å². The van der Waals surface area contributed by atoms with Gasteiger partial charge in [-0.2, -0.15) is 4.72 Å². The van der Waals surface area contributed by atoms with Crippen LogP contribution in [0.1, 0.15) is 18.1 Å². The molecular formula is C19H20INO4S. The Balaban J connectivity index is 2.33. The van der Waals surface area contributed by atoms with E-state index in [4.69, 9.17) is 4.74 Å². The molecule has 138 valence electrons. The topological polar surface area (TPSA) is 72.5 Å². The third kappa shape index (κ3) is 5.65. The van der Waals surface area contributed by atoms with E-state index in [0.29, 0.717) is 0 Å². The van der Waals surface area contributed by atoms with Gasteiger partial charge in [0.05, 0.1) is 11.5 Å². The molecule has 0 heterocycles. The van der Waals surface area contributed by atoms with Crippen molar-refractivity contribution in [1.82, 2.24) is 4.72 Å². The van der Waals surface area contributed by atoms with Gasteiger partial charge in [0.25, 0.3) is 0 Å². The van der Waals surface area contributed by atoms with Crippen LogP contribution in [0.2, 0.25) is 0 Å². The predicted octanol–water partition coefficient (Wildman–Crippen LogP) is 3.68. The van der Waals surface area contributed by atoms with Crippen LogP contribution in [0.5, 0.6) is 0 Å². The normalized spacial score (nSPS) is 13.3. The van der Waals surface area contributed by atoms with E-state index in [9.17, 15) is 13.2 Å². The molecule has 0 aliphatic rings. The number of carbonyl (C=O) groups excluding carboxylic acids is 1. The number of esters is 1. The summed E-state index contributed by atoms with van der Waals surface area (Å²) in [5, 5.41) is 0. The summed E-state index contributed by atoms with van der Waals surface area (Å²) >= 11 is 2.07. The maximum Gasteiger partial charge on any atom is 0.328 e. The summed E-state index contributed by atoms with van der Waals surface area (Å²) in [7, 11) is -3.87. The number of benzene rings is 2. The highest BCUT2D eigenvalue weighted by atomic mass is 127. The van der Waals surface area contributed by atoms with Crippen LogP contribution in [0.25, 0.3) is 3.58 Å². The Bertz CT molecular complexity index is 878. The van der Waals surface area contributed by atoms with E-state index in [-0.39, 0.29) is 11.5 Å². The van der Waals surface area contributed by atoms with Crippen molar-refractivity contribution in [3.05, 3.63) is 71.8 Å². The number of ether oxygens (including phenoxy) is 1. The highest BCUT2D eigenvalue weighted by molar-refractivity contribution is 14.1. The lowest BCUT2D eigenvalue weighted by atomic mass is 10.2. The zero-order valence-electron chi connectivity index (χ0n) is 14.5. The average Bonchev–Trinajstić information content (AvgIpc) is 2.62. The molecule has 0 spiro atoms. The first-order valence-electron chi connectivity index (χ1n) is 8.02. The fourth-order valence-electron chi connectivity index (χ4n) is 2.17. The summed E-state index contributed by atoms with van der Waals surface area (Å²) in [5.41, 5.74) is 1.83. The first-order valence-corrected chi connectivity index (χ1v) is 10.6. The largest absolute Gasteiger partial charge is 0.465 e. The summed E-state index contributed by atoms with van der Waals surface area (Å²) in [6.07, 6.45) is 1.56. The van der Waals surface area contributed by atoms with Crippen LogP contribution in [-0.4, -0.2) is 27.0 Å². The molecule has 0 amide bonds. The molecule has 0 aromatic heterocycles. The molecular weight excluding hydrogens is 465 g/mol. The van der Waals surface area contributed by atoms with E-state index in [1.807, 2.05) is 37.3 Å². The van der Waals surface area contributed by atoms with E-state index >= 15 is 0 Å². The summed E-state index contributed by atoms with van der Waals surface area (Å²) in [4.78, 5) is 12.4. The molecule has 2 aromatic carbocycles. The molecule has 2 aromatic rings. The fourth-order valence-corrected chi connectivity index (χ4v) is 4.02. The lowest BCUT2D eigenvalue weighted by Crippen LogP contribution is -2.40. The monoisotopic (exact) mass is 485 g/mol. The SMILES string of the molecule is CCOC(=O)C(/C=C(\I)c1ccccc1)NS(=O)(=O)c1ccc(C)cc1. The van der Waals surface area contributed by atoms with Crippen LogP contribution in [0.3, 0.4) is 0 Å². The first kappa shape index (κ1) is 20.6. The van der Waals surface area contributed by atoms with Crippen molar-refractivity contribution in [3.8, 4) is 0 Å². The zero-order chi connectivity index (χ0) is 19.2. The maximum atomic E-state index is 12.6. The zero-order valence-corrected chi connectivity index (χ0v) is 17.5. The minimum absolute atomic E-state index is 0.0977. The van der Waals surface area contributed by atoms with E-state index in [2.05, 4.69) is 27.3 Å². The summed E-state index contributed by atoms with van der Waals surface area (Å²) in [6.45, 7) is 3.71. The van der Waals surface area contributed by atoms with Gasteiger partial charge >= 0.3 is 5.97 Å². The molecule has 0 aliphatic carbocycles. The smallest absolute Gasteiger partial charge is 0.328 e. The maximum absolute atomic E-state index is 12.6. The van der Waals surface area contributed by atoms with Crippen molar-refractivity contribution in [2.24, 2.45) is 0 Å². The lowest BCUT2D eigenvalue weighted by molar-refractivity contribution is -0.143. The highest BCUT2D eigenvalue weighted by Crippen LogP contribution is 2.23. The molecule has 0 saturated heterocycles. The van der Waals surface area contributed by atoms with Crippen molar-refractivity contribution in [2.75, 3.05) is 6.61 Å². The van der Waals surface area contributed by atoms with Crippen LogP contribution in [-0.2, 0) is 19.6 Å². The summed E-state index contributed by atoms with van der Waals surface area (Å²) < 4.78 is 33.5. The number of sulfonamides is 1. The Labute approximate surface area is 167 Å². The highest BCUT2D eigenvalue weighted by Gasteiger charge is 2.25. The van der Waals surface area contributed by atoms with E-state index < -0.39 is 22.0 Å². The fraction of sp³-hybridized carbons (Fsp3) is 0.211. The molecule has 0 fully saturated rings. The number of rotatable bonds is 7. The van der Waals surface area contributed by atoms with Gasteiger partial charge in [-0.25, -0.2) is 13.2 Å². The Kier molecular flexibility index (Phi) is 7.36. The summed E-state index contributed by atoms with van der Waals surface area (Å²) in [5.74, 6) is -0.645. The van der Waals surface area contributed by atoms with Crippen molar-refractivity contribution in [2.45, 2.75) is 24.8 Å². The average molecular weight is 485 g/mol. The number of hydrogen-bond acceptors (Lipinski definition) is 4. The van der Waals surface area contributed by atoms with E-state index in [1.165, 1.54) is 12.1 Å². The van der Waals surface area contributed by atoms with Crippen molar-refractivity contribution >= 4 is 42.2 Å². The van der Waals surface area contributed by atoms with Crippen LogP contribution < -0.4 is 4.72 Å². The molecule has 7 heteroatoms. The van der Waals surface area contributed by atoms with Gasteiger partial charge in [0.1, 0.15) is 6.04 Å². The molecule has 1 unspecified atom stereocenters. The lowest BCUT2D eigenvalue weighted by Gasteiger charge is -2.15. The molecule has 0 bridgehead atoms. The predicted molar refractivity (Wildman–Crippen MR) is 110 cm³/mol. The molecule has 26 heavy (non-hydrogen) atoms. The van der Waals surface area contributed by atoms with Gasteiger partial charge in [0.2, 0.25) is 10.0 Å². The number of aryl methyl sites for hydroxylation is 1. The standard InChI is InChI=1S/C19H20INO4S/c1-3-25-19(22)18(13-17(20)15-7-5-4-6-8-15)21-26(23,24)16-11-9-14(2)10-12-16/h4-13,18,21H,3H2,1-2H3/b17-13-. The second-order valence-electron chi connectivity index (χ2n) is 5.54. The van der Waals surface area contributed by atoms with Crippen molar-refractivity contribution < 1.29 is 17.9 Å². The van der Waals surface area contributed by atoms with Gasteiger partial charge in [0.15, 0.2) is 0 Å². The molecule has 5 nitrogen and oxygen atoms in total. The number of nitrogens with one attached hydrogen (secondary N) is 1. The summed E-state index contributed by atoms with van der Waals surface area (Å²) in [6, 6.07) is 14.7. The second kappa shape index (κ2) is 9.29. The van der Waals surface area contributed by atoms with Crippen LogP contribution in [0.15, 0.2) is 65.6 Å². The molecule has 1 atom stereocenters. The molecule has 0 radical (unpaired) electrons. The Hall–Kier alpha value is -1.71. The van der Waals surface area contributed by atoms with Gasteiger partial charge in [-0.15, -0.1) is 0 Å². The van der Waals surface area contributed by atoms with E-state index in [1.54, 1.807) is 25.1 Å². The minimum atomic E-state index is -3.87. The number of halogens is 1. The molecule has 1 N–H and O–H groups in total. The third-order valence-corrected chi connectivity index (χ3v) is 5.96. The number of hydrogen-bond donors (Lipinski definition) is 1. The van der Waals surface area contributed by atoms with Crippen molar-refractivity contribution in [3.63, 3.8) is 0 Å². The van der Waals surface area contributed by atoms with Crippen LogP contribution in [0, 0.1) is 6.92 Å². The Morgan fingerprint density at radius 2 is 1.77 bits per heavy atom. The van der Waals surface area contributed by atoms with Gasteiger partial charge < -0.3 is 4.74 Å². The van der Waals surface area contributed by atoms with Gasteiger partial charge in [-0.3, -0.25) is 0 Å². The minimum Gasteiger partial charge on any atom is -0.465 e. The Morgan fingerprint density at radius 1 is 1.15 bits per heavy atom. The first-order chi connectivity index (χ1) is 12.3. The van der Waals surface area contributed by atoms with Gasteiger partial charge in [0, 0.05) is 3.58 Å². The van der Waals surface area contributed by atoms with E-state index in [0.717, 1.165) is 14.7 Å². The molecule has 0 saturated carbocycles. The van der Waals surface area contributed by atoms with Crippen LogP contribution >= 0.6 is 22.6 Å². The molecule has 2 rings (SSSR count). The Morgan fingerprint density at radius 3 is 2.35 bits per heavy atom. The van der Waals surface area contributed by atoms with Crippen LogP contribution in [0.4, 0.5) is 0 Å². The quantitative estimate of drug-likeness (QED) is 0.480.